The van der Waals surface area contributed by atoms with Gasteiger partial charge < -0.3 is 10.6 Å². The SMILES string of the molecule is CC(=O)Nc1ccc2c(c1[N+](=O)[O-])C(=O)NCC2. The summed E-state index contributed by atoms with van der Waals surface area (Å²) in [6, 6.07) is 3.09. The molecule has 94 valence electrons. The monoisotopic (exact) mass is 249 g/mol. The van der Waals surface area contributed by atoms with Gasteiger partial charge in [0.1, 0.15) is 11.3 Å². The number of rotatable bonds is 2. The van der Waals surface area contributed by atoms with Crippen LogP contribution in [0.2, 0.25) is 0 Å². The Hall–Kier alpha value is -2.44. The highest BCUT2D eigenvalue weighted by molar-refractivity contribution is 6.04. The van der Waals surface area contributed by atoms with Crippen molar-refractivity contribution in [3.05, 3.63) is 33.4 Å². The van der Waals surface area contributed by atoms with Crippen molar-refractivity contribution < 1.29 is 14.5 Å². The van der Waals surface area contributed by atoms with E-state index in [1.807, 2.05) is 0 Å². The van der Waals surface area contributed by atoms with Crippen LogP contribution in [0, 0.1) is 10.1 Å². The fourth-order valence-electron chi connectivity index (χ4n) is 1.97. The first kappa shape index (κ1) is 12.0. The van der Waals surface area contributed by atoms with E-state index >= 15 is 0 Å². The summed E-state index contributed by atoms with van der Waals surface area (Å²) in [5.41, 5.74) is 0.361. The van der Waals surface area contributed by atoms with Crippen LogP contribution in [0.25, 0.3) is 0 Å². The number of benzene rings is 1. The number of hydrogen-bond acceptors (Lipinski definition) is 4. The number of hydrogen-bond donors (Lipinski definition) is 2. The fourth-order valence-corrected chi connectivity index (χ4v) is 1.97. The molecule has 1 aliphatic rings. The van der Waals surface area contributed by atoms with Gasteiger partial charge in [0.15, 0.2) is 0 Å². The Bertz CT molecular complexity index is 553. The molecular formula is C11H11N3O4. The van der Waals surface area contributed by atoms with Gasteiger partial charge in [-0.1, -0.05) is 6.07 Å². The molecule has 0 atom stereocenters. The molecule has 1 aliphatic heterocycles. The Morgan fingerprint density at radius 3 is 2.83 bits per heavy atom. The Balaban J connectivity index is 2.64. The van der Waals surface area contributed by atoms with E-state index in [-0.39, 0.29) is 16.9 Å². The molecule has 2 N–H and O–H groups in total. The Labute approximate surface area is 102 Å². The minimum Gasteiger partial charge on any atom is -0.351 e. The maximum absolute atomic E-state index is 11.7. The van der Waals surface area contributed by atoms with Crippen LogP contribution in [0.5, 0.6) is 0 Å². The molecule has 2 amide bonds. The van der Waals surface area contributed by atoms with E-state index in [1.54, 1.807) is 6.07 Å². The number of nitro benzene ring substituents is 1. The van der Waals surface area contributed by atoms with Crippen LogP contribution in [-0.2, 0) is 11.2 Å². The van der Waals surface area contributed by atoms with E-state index in [4.69, 9.17) is 0 Å². The molecule has 1 aromatic rings. The highest BCUT2D eigenvalue weighted by atomic mass is 16.6. The van der Waals surface area contributed by atoms with Crippen molar-refractivity contribution in [1.82, 2.24) is 5.32 Å². The first-order chi connectivity index (χ1) is 8.50. The molecule has 0 aromatic heterocycles. The molecule has 0 spiro atoms. The number of amides is 2. The lowest BCUT2D eigenvalue weighted by Gasteiger charge is -2.17. The number of nitrogens with one attached hydrogen (secondary N) is 2. The van der Waals surface area contributed by atoms with Crippen molar-refractivity contribution in [3.63, 3.8) is 0 Å². The summed E-state index contributed by atoms with van der Waals surface area (Å²) in [4.78, 5) is 33.2. The third kappa shape index (κ3) is 2.02. The average Bonchev–Trinajstić information content (AvgIpc) is 2.28. The zero-order chi connectivity index (χ0) is 13.3. The van der Waals surface area contributed by atoms with Gasteiger partial charge in [-0.05, 0) is 18.1 Å². The summed E-state index contributed by atoms with van der Waals surface area (Å²) in [5, 5.41) is 16.0. The smallest absolute Gasteiger partial charge is 0.305 e. The van der Waals surface area contributed by atoms with Gasteiger partial charge in [0.05, 0.1) is 4.92 Å². The number of carbonyl (C=O) groups is 2. The lowest BCUT2D eigenvalue weighted by Crippen LogP contribution is -2.32. The van der Waals surface area contributed by atoms with E-state index in [2.05, 4.69) is 10.6 Å². The maximum Gasteiger partial charge on any atom is 0.305 e. The van der Waals surface area contributed by atoms with Gasteiger partial charge in [0.25, 0.3) is 5.91 Å². The number of carbonyl (C=O) groups excluding carboxylic acids is 2. The largest absolute Gasteiger partial charge is 0.351 e. The van der Waals surface area contributed by atoms with Gasteiger partial charge in [-0.25, -0.2) is 0 Å². The van der Waals surface area contributed by atoms with E-state index in [0.717, 1.165) is 0 Å². The number of nitrogens with zero attached hydrogens (tertiary/aromatic N) is 1. The molecule has 0 saturated heterocycles. The summed E-state index contributed by atoms with van der Waals surface area (Å²) in [7, 11) is 0. The van der Waals surface area contributed by atoms with Crippen LogP contribution in [0.4, 0.5) is 11.4 Å². The Morgan fingerprint density at radius 2 is 2.22 bits per heavy atom. The topological polar surface area (TPSA) is 101 Å². The van der Waals surface area contributed by atoms with Crippen molar-refractivity contribution in [2.45, 2.75) is 13.3 Å². The minimum atomic E-state index is -0.644. The molecule has 7 heteroatoms. The van der Waals surface area contributed by atoms with Crippen LogP contribution < -0.4 is 10.6 Å². The molecule has 0 fully saturated rings. The molecule has 1 aromatic carbocycles. The van der Waals surface area contributed by atoms with E-state index < -0.39 is 16.7 Å². The van der Waals surface area contributed by atoms with Crippen molar-refractivity contribution in [2.75, 3.05) is 11.9 Å². The first-order valence-corrected chi connectivity index (χ1v) is 5.36. The number of anilines is 1. The number of nitro groups is 1. The number of fused-ring (bicyclic) bond motifs is 1. The minimum absolute atomic E-state index is 0.0394. The van der Waals surface area contributed by atoms with Crippen molar-refractivity contribution in [1.29, 1.82) is 0 Å². The van der Waals surface area contributed by atoms with Crippen LogP contribution in [0.1, 0.15) is 22.8 Å². The molecular weight excluding hydrogens is 238 g/mol. The Morgan fingerprint density at radius 1 is 1.50 bits per heavy atom. The zero-order valence-corrected chi connectivity index (χ0v) is 9.65. The van der Waals surface area contributed by atoms with Gasteiger partial charge in [-0.2, -0.15) is 0 Å². The van der Waals surface area contributed by atoms with Gasteiger partial charge >= 0.3 is 5.69 Å². The highest BCUT2D eigenvalue weighted by Gasteiger charge is 2.30. The summed E-state index contributed by atoms with van der Waals surface area (Å²) in [6.45, 7) is 1.71. The molecule has 2 rings (SSSR count). The second-order valence-electron chi connectivity index (χ2n) is 3.94. The second kappa shape index (κ2) is 4.44. The lowest BCUT2D eigenvalue weighted by molar-refractivity contribution is -0.384. The maximum atomic E-state index is 11.7. The third-order valence-electron chi connectivity index (χ3n) is 2.66. The molecule has 0 aliphatic carbocycles. The molecule has 18 heavy (non-hydrogen) atoms. The summed E-state index contributed by atoms with van der Waals surface area (Å²) in [5.74, 6) is -0.899. The quantitative estimate of drug-likeness (QED) is 0.599. The van der Waals surface area contributed by atoms with Gasteiger partial charge in [0.2, 0.25) is 5.91 Å². The van der Waals surface area contributed by atoms with Crippen LogP contribution in [-0.4, -0.2) is 23.3 Å². The van der Waals surface area contributed by atoms with E-state index in [1.165, 1.54) is 13.0 Å². The molecule has 7 nitrogen and oxygen atoms in total. The van der Waals surface area contributed by atoms with Gasteiger partial charge in [-0.3, -0.25) is 19.7 Å². The molecule has 0 saturated carbocycles. The predicted molar refractivity (Wildman–Crippen MR) is 63.4 cm³/mol. The highest BCUT2D eigenvalue weighted by Crippen LogP contribution is 2.32. The summed E-state index contributed by atoms with van der Waals surface area (Å²) < 4.78 is 0. The molecule has 0 bridgehead atoms. The van der Waals surface area contributed by atoms with E-state index in [9.17, 15) is 19.7 Å². The average molecular weight is 249 g/mol. The van der Waals surface area contributed by atoms with Crippen LogP contribution >= 0.6 is 0 Å². The van der Waals surface area contributed by atoms with Crippen molar-refractivity contribution in [2.24, 2.45) is 0 Å². The van der Waals surface area contributed by atoms with Gasteiger partial charge in [-0.15, -0.1) is 0 Å². The molecule has 0 unspecified atom stereocenters. The predicted octanol–water partition coefficient (Wildman–Crippen LogP) is 0.839. The van der Waals surface area contributed by atoms with Crippen molar-refractivity contribution in [3.8, 4) is 0 Å². The standard InChI is InChI=1S/C11H11N3O4/c1-6(15)13-8-3-2-7-4-5-12-11(16)9(7)10(8)14(17)18/h2-3H,4-5H2,1H3,(H,12,16)(H,13,15). The first-order valence-electron chi connectivity index (χ1n) is 5.36. The fraction of sp³-hybridized carbons (Fsp3) is 0.273. The normalized spacial score (nSPS) is 13.5. The summed E-state index contributed by atoms with van der Waals surface area (Å²) >= 11 is 0. The van der Waals surface area contributed by atoms with Crippen LogP contribution in [0.3, 0.4) is 0 Å². The second-order valence-corrected chi connectivity index (χ2v) is 3.94. The lowest BCUT2D eigenvalue weighted by atomic mass is 9.97. The Kier molecular flexibility index (Phi) is 2.97. The summed E-state index contributed by atoms with van der Waals surface area (Å²) in [6.07, 6.45) is 0.544. The molecule has 0 radical (unpaired) electrons. The van der Waals surface area contributed by atoms with Gasteiger partial charge in [0, 0.05) is 13.5 Å². The van der Waals surface area contributed by atoms with E-state index in [0.29, 0.717) is 18.5 Å². The van der Waals surface area contributed by atoms with Crippen molar-refractivity contribution >= 4 is 23.2 Å². The third-order valence-corrected chi connectivity index (χ3v) is 2.66. The molecule has 1 heterocycles. The van der Waals surface area contributed by atoms with Crippen LogP contribution in [0.15, 0.2) is 12.1 Å². The zero-order valence-electron chi connectivity index (χ0n) is 9.65.